The smallest absolute Gasteiger partial charge is 0.282 e. The molecule has 0 amide bonds. The third-order valence-electron chi connectivity index (χ3n) is 4.58. The highest BCUT2D eigenvalue weighted by Gasteiger charge is 2.13. The molecule has 0 atom stereocenters. The van der Waals surface area contributed by atoms with E-state index in [1.807, 2.05) is 12.1 Å². The molecule has 1 N–H and O–H groups in total. The molecule has 0 aromatic heterocycles. The lowest BCUT2D eigenvalue weighted by atomic mass is 9.92. The van der Waals surface area contributed by atoms with E-state index in [4.69, 9.17) is 0 Å². The van der Waals surface area contributed by atoms with E-state index >= 15 is 0 Å². The normalized spacial score (nSPS) is 12.0. The Morgan fingerprint density at radius 3 is 2.17 bits per heavy atom. The summed E-state index contributed by atoms with van der Waals surface area (Å²) >= 11 is 0. The molecule has 2 rings (SSSR count). The van der Waals surface area contributed by atoms with Crippen LogP contribution in [0.5, 0.6) is 0 Å². The maximum absolute atomic E-state index is 11.4. The molecule has 0 unspecified atom stereocenters. The zero-order valence-corrected chi connectivity index (χ0v) is 15.5. The van der Waals surface area contributed by atoms with Crippen LogP contribution < -0.4 is 0 Å². The van der Waals surface area contributed by atoms with E-state index in [2.05, 4.69) is 19.9 Å². The molecule has 0 fully saturated rings. The molecule has 0 heterocycles. The van der Waals surface area contributed by atoms with Gasteiger partial charge in [-0.3, -0.25) is 4.55 Å². The van der Waals surface area contributed by atoms with Gasteiger partial charge >= 0.3 is 0 Å². The fraction of sp³-hybridized carbons (Fsp3) is 0.500. The van der Waals surface area contributed by atoms with Crippen molar-refractivity contribution in [2.45, 2.75) is 70.1 Å². The first-order valence-electron chi connectivity index (χ1n) is 8.99. The van der Waals surface area contributed by atoms with Crippen LogP contribution in [0.2, 0.25) is 0 Å². The van der Waals surface area contributed by atoms with E-state index in [-0.39, 0.29) is 4.90 Å². The second kappa shape index (κ2) is 8.63. The van der Waals surface area contributed by atoms with Crippen LogP contribution in [0.25, 0.3) is 10.8 Å². The molecule has 2 aromatic rings. The van der Waals surface area contributed by atoms with Gasteiger partial charge in [-0.25, -0.2) is 0 Å². The molecular formula is C20H28O3S. The number of hydrogen-bond donors (Lipinski definition) is 1. The summed E-state index contributed by atoms with van der Waals surface area (Å²) < 4.78 is 32.0. The molecule has 24 heavy (non-hydrogen) atoms. The maximum Gasteiger partial charge on any atom is 0.294 e. The Labute approximate surface area is 145 Å². The number of rotatable bonds is 9. The topological polar surface area (TPSA) is 54.4 Å². The molecule has 0 aliphatic rings. The molecule has 0 saturated heterocycles. The minimum absolute atomic E-state index is 0.0340. The standard InChI is InChI=1S/C20H28O3S/c1-3-5-7-9-16-11-12-17-15-18(24(21,22)23)13-14-20(17)19(16)10-8-6-4-2/h11-15H,3-10H2,1-2H3,(H,21,22,23). The van der Waals surface area contributed by atoms with Crippen molar-refractivity contribution in [3.8, 4) is 0 Å². The third kappa shape index (κ3) is 4.81. The quantitative estimate of drug-likeness (QED) is 0.477. The number of unbranched alkanes of at least 4 members (excludes halogenated alkanes) is 4. The Kier molecular flexibility index (Phi) is 6.81. The lowest BCUT2D eigenvalue weighted by Gasteiger charge is -2.14. The average Bonchev–Trinajstić information content (AvgIpc) is 2.55. The number of benzene rings is 2. The highest BCUT2D eigenvalue weighted by molar-refractivity contribution is 7.85. The van der Waals surface area contributed by atoms with Crippen molar-refractivity contribution in [2.75, 3.05) is 0 Å². The first-order valence-corrected chi connectivity index (χ1v) is 10.4. The molecule has 132 valence electrons. The van der Waals surface area contributed by atoms with Gasteiger partial charge in [-0.1, -0.05) is 57.7 Å². The van der Waals surface area contributed by atoms with E-state index in [0.29, 0.717) is 0 Å². The minimum Gasteiger partial charge on any atom is -0.282 e. The summed E-state index contributed by atoms with van der Waals surface area (Å²) in [7, 11) is -4.16. The van der Waals surface area contributed by atoms with Gasteiger partial charge in [-0.05, 0) is 59.7 Å². The van der Waals surface area contributed by atoms with Crippen LogP contribution in [-0.2, 0) is 23.0 Å². The number of fused-ring (bicyclic) bond motifs is 1. The second-order valence-electron chi connectivity index (χ2n) is 6.48. The molecule has 0 radical (unpaired) electrons. The number of aryl methyl sites for hydroxylation is 2. The molecule has 0 aliphatic heterocycles. The summed E-state index contributed by atoms with van der Waals surface area (Å²) in [6, 6.07) is 9.05. The van der Waals surface area contributed by atoms with Crippen LogP contribution in [0.3, 0.4) is 0 Å². The Hall–Kier alpha value is -1.39. The zero-order chi connectivity index (χ0) is 17.6. The van der Waals surface area contributed by atoms with Gasteiger partial charge in [0.15, 0.2) is 0 Å². The van der Waals surface area contributed by atoms with Gasteiger partial charge in [0.1, 0.15) is 0 Å². The minimum atomic E-state index is -4.16. The predicted octanol–water partition coefficient (Wildman–Crippen LogP) is 5.55. The van der Waals surface area contributed by atoms with E-state index in [9.17, 15) is 13.0 Å². The van der Waals surface area contributed by atoms with Gasteiger partial charge in [0.25, 0.3) is 10.1 Å². The van der Waals surface area contributed by atoms with Crippen molar-refractivity contribution in [1.82, 2.24) is 0 Å². The average molecular weight is 349 g/mol. The van der Waals surface area contributed by atoms with Crippen molar-refractivity contribution in [1.29, 1.82) is 0 Å². The highest BCUT2D eigenvalue weighted by atomic mass is 32.2. The van der Waals surface area contributed by atoms with Crippen LogP contribution in [0.4, 0.5) is 0 Å². The maximum atomic E-state index is 11.4. The molecule has 2 aromatic carbocycles. The van der Waals surface area contributed by atoms with Crippen molar-refractivity contribution in [3.05, 3.63) is 41.5 Å². The fourth-order valence-electron chi connectivity index (χ4n) is 3.22. The van der Waals surface area contributed by atoms with Crippen LogP contribution >= 0.6 is 0 Å². The van der Waals surface area contributed by atoms with Crippen molar-refractivity contribution < 1.29 is 13.0 Å². The van der Waals surface area contributed by atoms with Gasteiger partial charge in [-0.15, -0.1) is 0 Å². The first kappa shape index (κ1) is 18.9. The lowest BCUT2D eigenvalue weighted by molar-refractivity contribution is 0.483. The van der Waals surface area contributed by atoms with Crippen molar-refractivity contribution in [3.63, 3.8) is 0 Å². The molecule has 3 nitrogen and oxygen atoms in total. The summed E-state index contributed by atoms with van der Waals surface area (Å²) in [4.78, 5) is -0.0340. The van der Waals surface area contributed by atoms with E-state index in [0.717, 1.165) is 30.0 Å². The monoisotopic (exact) mass is 348 g/mol. The highest BCUT2D eigenvalue weighted by Crippen LogP contribution is 2.28. The molecular weight excluding hydrogens is 320 g/mol. The third-order valence-corrected chi connectivity index (χ3v) is 5.43. The summed E-state index contributed by atoms with van der Waals surface area (Å²) in [5.74, 6) is 0. The fourth-order valence-corrected chi connectivity index (χ4v) is 3.74. The Bertz CT molecular complexity index is 779. The van der Waals surface area contributed by atoms with Gasteiger partial charge < -0.3 is 0 Å². The SMILES string of the molecule is CCCCCc1ccc2cc(S(=O)(=O)O)ccc2c1CCCCC. The predicted molar refractivity (Wildman–Crippen MR) is 100 cm³/mol. The Morgan fingerprint density at radius 2 is 1.54 bits per heavy atom. The first-order chi connectivity index (χ1) is 11.5. The molecule has 0 saturated carbocycles. The van der Waals surface area contributed by atoms with Gasteiger partial charge in [0.2, 0.25) is 0 Å². The summed E-state index contributed by atoms with van der Waals surface area (Å²) in [6.07, 6.45) is 9.26. The molecule has 0 aliphatic carbocycles. The largest absolute Gasteiger partial charge is 0.294 e. The van der Waals surface area contributed by atoms with Gasteiger partial charge in [-0.2, -0.15) is 8.42 Å². The molecule has 0 bridgehead atoms. The van der Waals surface area contributed by atoms with Crippen LogP contribution in [-0.4, -0.2) is 13.0 Å². The second-order valence-corrected chi connectivity index (χ2v) is 7.90. The Balaban J connectivity index is 2.43. The van der Waals surface area contributed by atoms with Crippen LogP contribution in [0, 0.1) is 0 Å². The summed E-state index contributed by atoms with van der Waals surface area (Å²) in [5.41, 5.74) is 2.73. The lowest BCUT2D eigenvalue weighted by Crippen LogP contribution is -2.00. The van der Waals surface area contributed by atoms with E-state index in [1.165, 1.54) is 49.3 Å². The molecule has 4 heteroatoms. The zero-order valence-electron chi connectivity index (χ0n) is 14.7. The van der Waals surface area contributed by atoms with Gasteiger partial charge in [0.05, 0.1) is 4.90 Å². The number of hydrogen-bond acceptors (Lipinski definition) is 2. The Morgan fingerprint density at radius 1 is 0.875 bits per heavy atom. The van der Waals surface area contributed by atoms with Crippen molar-refractivity contribution in [2.24, 2.45) is 0 Å². The summed E-state index contributed by atoms with van der Waals surface area (Å²) in [5, 5.41) is 2.00. The van der Waals surface area contributed by atoms with Crippen LogP contribution in [0.1, 0.15) is 63.5 Å². The molecule has 0 spiro atoms. The summed E-state index contributed by atoms with van der Waals surface area (Å²) in [6.45, 7) is 4.41. The van der Waals surface area contributed by atoms with Crippen molar-refractivity contribution >= 4 is 20.9 Å². The van der Waals surface area contributed by atoms with Gasteiger partial charge in [0, 0.05) is 0 Å². The van der Waals surface area contributed by atoms with E-state index < -0.39 is 10.1 Å². The van der Waals surface area contributed by atoms with Crippen LogP contribution in [0.15, 0.2) is 35.2 Å². The van der Waals surface area contributed by atoms with E-state index in [1.54, 1.807) is 6.07 Å².